The number of hydrogen-bond donors (Lipinski definition) is 2. The van der Waals surface area contributed by atoms with Crippen LogP contribution in [0.25, 0.3) is 39.0 Å². The number of benzene rings is 2. The highest BCUT2D eigenvalue weighted by Crippen LogP contribution is 2.45. The lowest BCUT2D eigenvalue weighted by Crippen LogP contribution is -2.60. The van der Waals surface area contributed by atoms with Gasteiger partial charge in [0.1, 0.15) is 53.4 Å². The van der Waals surface area contributed by atoms with Crippen LogP contribution >= 0.6 is 0 Å². The topological polar surface area (TPSA) is 95.9 Å². The third-order valence-corrected chi connectivity index (χ3v) is 10.3. The second-order valence-electron chi connectivity index (χ2n) is 13.0. The highest BCUT2D eigenvalue weighted by Gasteiger charge is 2.49. The Morgan fingerprint density at radius 3 is 2.83 bits per heavy atom. The van der Waals surface area contributed by atoms with Crippen molar-refractivity contribution in [3.8, 4) is 28.9 Å². The van der Waals surface area contributed by atoms with Crippen LogP contribution in [0.1, 0.15) is 38.2 Å². The van der Waals surface area contributed by atoms with E-state index in [0.717, 1.165) is 37.9 Å². The standard InChI is InChI=1S/C34H33F5N6O3/c1-2-23-24-15-47-32-27-30(28(39)29(41-32)21-11-19(46)10-17-4-5-22(36)20(26(17)21)12-25(37)38)42-33(43-31(27)45(24)9-7-40-23)48-16-34-6-3-8-44(34)14-18(35)13-34/h4-5,10-12,18,23-24,40,46H,2-3,6-9,13-16H2,1H3/t18-,23+,24-,34+/m1/s1. The first kappa shape index (κ1) is 31.0. The first-order valence-corrected chi connectivity index (χ1v) is 16.2. The van der Waals surface area contributed by atoms with Crippen LogP contribution in [0, 0.1) is 11.6 Å². The second-order valence-corrected chi connectivity index (χ2v) is 13.0. The average Bonchev–Trinajstić information content (AvgIpc) is 3.53. The van der Waals surface area contributed by atoms with Gasteiger partial charge in [-0.15, -0.1) is 0 Å². The molecule has 4 aliphatic rings. The van der Waals surface area contributed by atoms with Gasteiger partial charge in [-0.2, -0.15) is 18.7 Å². The van der Waals surface area contributed by atoms with Crippen molar-refractivity contribution in [3.63, 3.8) is 0 Å². The van der Waals surface area contributed by atoms with E-state index in [1.807, 2.05) is 11.8 Å². The Bertz CT molecular complexity index is 1980. The van der Waals surface area contributed by atoms with Crippen molar-refractivity contribution in [3.05, 3.63) is 47.5 Å². The normalized spacial score (nSPS) is 25.1. The summed E-state index contributed by atoms with van der Waals surface area (Å²) in [5.41, 5.74) is -1.70. The fourth-order valence-electron chi connectivity index (χ4n) is 8.14. The number of aromatic nitrogens is 3. The number of fused-ring (bicyclic) bond motifs is 4. The molecule has 252 valence electrons. The molecule has 0 radical (unpaired) electrons. The van der Waals surface area contributed by atoms with Crippen molar-refractivity contribution < 1.29 is 36.5 Å². The molecule has 4 atom stereocenters. The Kier molecular flexibility index (Phi) is 7.55. The largest absolute Gasteiger partial charge is 0.508 e. The number of rotatable bonds is 6. The summed E-state index contributed by atoms with van der Waals surface area (Å²) < 4.78 is 86.2. The monoisotopic (exact) mass is 668 g/mol. The number of piperazine rings is 1. The van der Waals surface area contributed by atoms with Crippen molar-refractivity contribution in [2.24, 2.45) is 0 Å². The molecule has 14 heteroatoms. The number of alkyl halides is 1. The number of halogens is 5. The summed E-state index contributed by atoms with van der Waals surface area (Å²) in [4.78, 5) is 18.0. The molecular formula is C34H33F5N6O3. The maximum absolute atomic E-state index is 17.0. The number of aromatic hydroxyl groups is 1. The van der Waals surface area contributed by atoms with Crippen molar-refractivity contribution in [2.45, 2.75) is 56.4 Å². The molecule has 9 nitrogen and oxygen atoms in total. The molecule has 48 heavy (non-hydrogen) atoms. The molecule has 0 bridgehead atoms. The van der Waals surface area contributed by atoms with Gasteiger partial charge >= 0.3 is 6.01 Å². The van der Waals surface area contributed by atoms with Crippen molar-refractivity contribution in [2.75, 3.05) is 44.3 Å². The third-order valence-electron chi connectivity index (χ3n) is 10.3. The van der Waals surface area contributed by atoms with Gasteiger partial charge < -0.3 is 24.8 Å². The summed E-state index contributed by atoms with van der Waals surface area (Å²) in [7, 11) is 0. The van der Waals surface area contributed by atoms with Crippen molar-refractivity contribution in [1.29, 1.82) is 0 Å². The lowest BCUT2D eigenvalue weighted by atomic mass is 9.95. The van der Waals surface area contributed by atoms with E-state index in [0.29, 0.717) is 37.9 Å². The molecule has 2 aromatic carbocycles. The zero-order valence-electron chi connectivity index (χ0n) is 26.1. The average molecular weight is 669 g/mol. The van der Waals surface area contributed by atoms with Crippen LogP contribution in [0.4, 0.5) is 27.8 Å². The molecule has 8 rings (SSSR count). The maximum atomic E-state index is 17.0. The smallest absolute Gasteiger partial charge is 0.319 e. The lowest BCUT2D eigenvalue weighted by molar-refractivity contribution is 0.107. The van der Waals surface area contributed by atoms with Gasteiger partial charge in [0.15, 0.2) is 5.82 Å². The van der Waals surface area contributed by atoms with Crippen LogP contribution < -0.4 is 19.7 Å². The number of phenols is 1. The van der Waals surface area contributed by atoms with Gasteiger partial charge in [0, 0.05) is 54.7 Å². The quantitative estimate of drug-likeness (QED) is 0.241. The lowest BCUT2D eigenvalue weighted by Gasteiger charge is -2.41. The number of anilines is 1. The highest BCUT2D eigenvalue weighted by molar-refractivity contribution is 6.05. The van der Waals surface area contributed by atoms with Gasteiger partial charge in [0.2, 0.25) is 5.88 Å². The molecule has 0 aliphatic carbocycles. The van der Waals surface area contributed by atoms with Gasteiger partial charge in [-0.1, -0.05) is 13.0 Å². The molecule has 3 saturated heterocycles. The fourth-order valence-corrected chi connectivity index (χ4v) is 8.14. The number of pyridine rings is 1. The van der Waals surface area contributed by atoms with Crippen LogP contribution in [0.5, 0.6) is 17.6 Å². The minimum Gasteiger partial charge on any atom is -0.508 e. The first-order valence-electron chi connectivity index (χ1n) is 16.2. The Morgan fingerprint density at radius 1 is 1.17 bits per heavy atom. The molecule has 3 fully saturated rings. The molecule has 4 aliphatic heterocycles. The zero-order chi connectivity index (χ0) is 33.3. The van der Waals surface area contributed by atoms with Crippen molar-refractivity contribution in [1.82, 2.24) is 25.2 Å². The Morgan fingerprint density at radius 2 is 2.02 bits per heavy atom. The predicted octanol–water partition coefficient (Wildman–Crippen LogP) is 5.97. The Hall–Kier alpha value is -4.30. The molecule has 2 aromatic heterocycles. The molecule has 4 aromatic rings. The molecule has 0 saturated carbocycles. The molecule has 0 amide bonds. The number of hydrogen-bond acceptors (Lipinski definition) is 9. The van der Waals surface area contributed by atoms with Gasteiger partial charge in [-0.25, -0.2) is 18.2 Å². The van der Waals surface area contributed by atoms with E-state index in [4.69, 9.17) is 14.5 Å². The Balaban J connectivity index is 1.34. The van der Waals surface area contributed by atoms with E-state index >= 15 is 8.78 Å². The van der Waals surface area contributed by atoms with Crippen LogP contribution in [0.15, 0.2) is 30.3 Å². The molecule has 0 unspecified atom stereocenters. The van der Waals surface area contributed by atoms with Gasteiger partial charge in [0.25, 0.3) is 6.08 Å². The van der Waals surface area contributed by atoms with E-state index in [1.165, 1.54) is 12.1 Å². The first-order chi connectivity index (χ1) is 23.2. The summed E-state index contributed by atoms with van der Waals surface area (Å²) in [5, 5.41) is 14.4. The number of ether oxygens (including phenoxy) is 2. The summed E-state index contributed by atoms with van der Waals surface area (Å²) in [5.74, 6) is -1.85. The van der Waals surface area contributed by atoms with Crippen molar-refractivity contribution >= 4 is 33.6 Å². The number of nitrogens with zero attached hydrogens (tertiary/aromatic N) is 5. The molecular weight excluding hydrogens is 635 g/mol. The number of phenolic OH excluding ortho intramolecular Hbond substituents is 1. The Labute approximate surface area is 272 Å². The fraction of sp³-hybridized carbons (Fsp3) is 0.441. The SMILES string of the molecule is CC[C@@H]1NCCN2c3nc(OC[C@@]45CCCN4C[C@H](F)C5)nc4c(F)c(-c5cc(O)cc6ccc(F)c(C=C(F)F)c56)nc(c34)OC[C@H]12. The third kappa shape index (κ3) is 4.99. The maximum Gasteiger partial charge on any atom is 0.319 e. The minimum atomic E-state index is -2.15. The second kappa shape index (κ2) is 11.7. The predicted molar refractivity (Wildman–Crippen MR) is 169 cm³/mol. The molecule has 6 heterocycles. The van der Waals surface area contributed by atoms with Gasteiger partial charge in [-0.3, -0.25) is 4.90 Å². The summed E-state index contributed by atoms with van der Waals surface area (Å²) >= 11 is 0. The number of nitrogens with one attached hydrogen (secondary N) is 1. The van der Waals surface area contributed by atoms with E-state index in [-0.39, 0.29) is 75.9 Å². The van der Waals surface area contributed by atoms with Crippen LogP contribution in [0.2, 0.25) is 0 Å². The van der Waals surface area contributed by atoms with Crippen LogP contribution in [-0.2, 0) is 0 Å². The van der Waals surface area contributed by atoms with E-state index in [9.17, 15) is 18.3 Å². The van der Waals surface area contributed by atoms with Gasteiger partial charge in [-0.05, 0) is 49.4 Å². The zero-order valence-corrected chi connectivity index (χ0v) is 26.1. The summed E-state index contributed by atoms with van der Waals surface area (Å²) in [6.07, 6.45) is -0.00104. The van der Waals surface area contributed by atoms with Crippen LogP contribution in [0.3, 0.4) is 0 Å². The van der Waals surface area contributed by atoms with E-state index in [1.54, 1.807) is 0 Å². The van der Waals surface area contributed by atoms with E-state index in [2.05, 4.69) is 20.2 Å². The van der Waals surface area contributed by atoms with Gasteiger partial charge in [0.05, 0.1) is 11.6 Å². The van der Waals surface area contributed by atoms with E-state index < -0.39 is 35.0 Å². The minimum absolute atomic E-state index is 0.00508. The van der Waals surface area contributed by atoms with Crippen LogP contribution in [-0.4, -0.2) is 88.1 Å². The molecule has 0 spiro atoms. The summed E-state index contributed by atoms with van der Waals surface area (Å²) in [6.45, 7) is 4.59. The highest BCUT2D eigenvalue weighted by atomic mass is 19.3. The summed E-state index contributed by atoms with van der Waals surface area (Å²) in [6, 6.07) is 4.43. The molecule has 2 N–H and O–H groups in total.